The molecule has 0 saturated carbocycles. The summed E-state index contributed by atoms with van der Waals surface area (Å²) >= 11 is 0. The molecule has 2 aromatic carbocycles. The molecule has 0 fully saturated rings. The number of ether oxygens (including phenoxy) is 2. The number of phenols is 1. The van der Waals surface area contributed by atoms with Crippen LogP contribution in [0.2, 0.25) is 0 Å². The van der Waals surface area contributed by atoms with E-state index >= 15 is 0 Å². The van der Waals surface area contributed by atoms with Gasteiger partial charge in [-0.15, -0.1) is 0 Å². The zero-order valence-electron chi connectivity index (χ0n) is 17.1. The molecule has 0 spiro atoms. The van der Waals surface area contributed by atoms with Crippen LogP contribution in [0.5, 0.6) is 17.2 Å². The molecule has 0 saturated heterocycles. The Morgan fingerprint density at radius 2 is 1.79 bits per heavy atom. The molecule has 1 aliphatic rings. The summed E-state index contributed by atoms with van der Waals surface area (Å²) in [5, 5.41) is 14.3. The van der Waals surface area contributed by atoms with Gasteiger partial charge in [-0.1, -0.05) is 26.0 Å². The highest BCUT2D eigenvalue weighted by atomic mass is 16.5. The highest BCUT2D eigenvalue weighted by molar-refractivity contribution is 6.01. The number of aliphatic imine (C=N–C) groups is 1. The Bertz CT molecular complexity index is 815. The molecular formula is C23H30N2O3. The van der Waals surface area contributed by atoms with Crippen LogP contribution in [-0.2, 0) is 0 Å². The van der Waals surface area contributed by atoms with Gasteiger partial charge in [-0.25, -0.2) is 0 Å². The van der Waals surface area contributed by atoms with Gasteiger partial charge in [0.25, 0.3) is 0 Å². The molecule has 0 aromatic heterocycles. The second-order valence-corrected chi connectivity index (χ2v) is 7.27. The van der Waals surface area contributed by atoms with Crippen LogP contribution < -0.4 is 14.8 Å². The van der Waals surface area contributed by atoms with E-state index in [0.29, 0.717) is 31.3 Å². The van der Waals surface area contributed by atoms with Crippen LogP contribution in [0.15, 0.2) is 47.5 Å². The number of nitrogens with one attached hydrogen (secondary N) is 1. The quantitative estimate of drug-likeness (QED) is 0.729. The van der Waals surface area contributed by atoms with Crippen LogP contribution in [0.25, 0.3) is 0 Å². The number of rotatable bonds is 7. The van der Waals surface area contributed by atoms with Gasteiger partial charge in [0.05, 0.1) is 13.2 Å². The SMILES string of the molecule is CCOc1ccc(C2=N[C@H](C(C)C)N[C@@H](c3cccc(OCC)c3O)C2)cc1. The lowest BCUT2D eigenvalue weighted by molar-refractivity contribution is 0.309. The Kier molecular flexibility index (Phi) is 6.57. The number of benzene rings is 2. The average molecular weight is 383 g/mol. The molecule has 3 rings (SSSR count). The fourth-order valence-electron chi connectivity index (χ4n) is 3.45. The molecule has 0 unspecified atom stereocenters. The number of hydrogen-bond acceptors (Lipinski definition) is 5. The lowest BCUT2D eigenvalue weighted by Crippen LogP contribution is -2.41. The van der Waals surface area contributed by atoms with E-state index < -0.39 is 0 Å². The summed E-state index contributed by atoms with van der Waals surface area (Å²) in [6, 6.07) is 13.7. The maximum absolute atomic E-state index is 10.7. The first-order valence-corrected chi connectivity index (χ1v) is 10.0. The molecule has 5 nitrogen and oxygen atoms in total. The Hall–Kier alpha value is -2.53. The molecule has 0 amide bonds. The first-order chi connectivity index (χ1) is 13.5. The van der Waals surface area contributed by atoms with E-state index in [1.807, 2.05) is 38.1 Å². The van der Waals surface area contributed by atoms with Gasteiger partial charge in [0, 0.05) is 23.7 Å². The van der Waals surface area contributed by atoms with Crippen molar-refractivity contribution in [1.29, 1.82) is 0 Å². The molecule has 2 N–H and O–H groups in total. The monoisotopic (exact) mass is 382 g/mol. The first-order valence-electron chi connectivity index (χ1n) is 10.0. The lowest BCUT2D eigenvalue weighted by Gasteiger charge is -2.32. The number of para-hydroxylation sites is 1. The van der Waals surface area contributed by atoms with Crippen molar-refractivity contribution in [2.75, 3.05) is 13.2 Å². The molecule has 28 heavy (non-hydrogen) atoms. The maximum atomic E-state index is 10.7. The largest absolute Gasteiger partial charge is 0.504 e. The van der Waals surface area contributed by atoms with E-state index in [9.17, 15) is 5.11 Å². The van der Waals surface area contributed by atoms with E-state index in [0.717, 1.165) is 22.6 Å². The third-order valence-corrected chi connectivity index (χ3v) is 4.90. The van der Waals surface area contributed by atoms with Gasteiger partial charge in [0.15, 0.2) is 11.5 Å². The summed E-state index contributed by atoms with van der Waals surface area (Å²) in [7, 11) is 0. The minimum atomic E-state index is -0.0353. The minimum Gasteiger partial charge on any atom is -0.504 e. The van der Waals surface area contributed by atoms with Crippen LogP contribution in [0.4, 0.5) is 0 Å². The predicted octanol–water partition coefficient (Wildman–Crippen LogP) is 4.70. The Labute approximate surface area is 167 Å². The summed E-state index contributed by atoms with van der Waals surface area (Å²) in [5.74, 6) is 1.92. The van der Waals surface area contributed by atoms with E-state index in [1.54, 1.807) is 6.07 Å². The first kappa shape index (κ1) is 20.2. The maximum Gasteiger partial charge on any atom is 0.162 e. The van der Waals surface area contributed by atoms with Gasteiger partial charge in [0.2, 0.25) is 0 Å². The van der Waals surface area contributed by atoms with Gasteiger partial charge >= 0.3 is 0 Å². The summed E-state index contributed by atoms with van der Waals surface area (Å²) in [5.41, 5.74) is 2.96. The van der Waals surface area contributed by atoms with Crippen molar-refractivity contribution in [3.05, 3.63) is 53.6 Å². The summed E-state index contributed by atoms with van der Waals surface area (Å²) in [4.78, 5) is 4.94. The fraction of sp³-hybridized carbons (Fsp3) is 0.435. The minimum absolute atomic E-state index is 0.0181. The summed E-state index contributed by atoms with van der Waals surface area (Å²) < 4.78 is 11.1. The van der Waals surface area contributed by atoms with E-state index in [-0.39, 0.29) is 18.0 Å². The number of hydrogen-bond donors (Lipinski definition) is 2. The third-order valence-electron chi connectivity index (χ3n) is 4.90. The van der Waals surface area contributed by atoms with Gasteiger partial charge in [0.1, 0.15) is 11.9 Å². The van der Waals surface area contributed by atoms with Crippen molar-refractivity contribution >= 4 is 5.71 Å². The van der Waals surface area contributed by atoms with Crippen LogP contribution in [0.3, 0.4) is 0 Å². The second-order valence-electron chi connectivity index (χ2n) is 7.27. The molecule has 150 valence electrons. The number of nitrogens with zero attached hydrogens (tertiary/aromatic N) is 1. The zero-order valence-corrected chi connectivity index (χ0v) is 17.1. The van der Waals surface area contributed by atoms with Crippen molar-refractivity contribution in [3.8, 4) is 17.2 Å². The highest BCUT2D eigenvalue weighted by Gasteiger charge is 2.29. The van der Waals surface area contributed by atoms with Crippen molar-refractivity contribution in [2.45, 2.75) is 46.3 Å². The normalized spacial score (nSPS) is 19.4. The third kappa shape index (κ3) is 4.47. The molecule has 0 radical (unpaired) electrons. The molecular weight excluding hydrogens is 352 g/mol. The lowest BCUT2D eigenvalue weighted by atomic mass is 9.92. The molecule has 1 aliphatic heterocycles. The Balaban J connectivity index is 1.91. The van der Waals surface area contributed by atoms with Crippen molar-refractivity contribution < 1.29 is 14.6 Å². The van der Waals surface area contributed by atoms with Gasteiger partial charge in [-0.3, -0.25) is 10.3 Å². The summed E-state index contributed by atoms with van der Waals surface area (Å²) in [6.07, 6.45) is 0.677. The Morgan fingerprint density at radius 1 is 1.07 bits per heavy atom. The van der Waals surface area contributed by atoms with E-state index in [2.05, 4.69) is 31.3 Å². The van der Waals surface area contributed by atoms with Gasteiger partial charge in [-0.2, -0.15) is 0 Å². The predicted molar refractivity (Wildman–Crippen MR) is 113 cm³/mol. The van der Waals surface area contributed by atoms with Crippen LogP contribution in [0, 0.1) is 5.92 Å². The molecule has 2 aromatic rings. The van der Waals surface area contributed by atoms with E-state index in [1.165, 1.54) is 0 Å². The van der Waals surface area contributed by atoms with Crippen LogP contribution in [0.1, 0.15) is 51.3 Å². The standard InChI is InChI=1S/C23H30N2O3/c1-5-27-17-12-10-16(11-13-17)19-14-20(25-23(24-19)15(3)4)18-8-7-9-21(22(18)26)28-6-2/h7-13,15,20,23,25-26H,5-6,14H2,1-4H3/t20-,23+/m1/s1. The smallest absolute Gasteiger partial charge is 0.162 e. The van der Waals surface area contributed by atoms with Crippen molar-refractivity contribution in [1.82, 2.24) is 5.32 Å². The van der Waals surface area contributed by atoms with Crippen LogP contribution in [-0.4, -0.2) is 30.2 Å². The van der Waals surface area contributed by atoms with Crippen LogP contribution >= 0.6 is 0 Å². The molecule has 1 heterocycles. The van der Waals surface area contributed by atoms with Crippen molar-refractivity contribution in [2.24, 2.45) is 10.9 Å². The number of phenolic OH excluding ortho intramolecular Hbond substituents is 1. The molecule has 2 atom stereocenters. The number of aromatic hydroxyl groups is 1. The second kappa shape index (κ2) is 9.11. The highest BCUT2D eigenvalue weighted by Crippen LogP contribution is 2.37. The summed E-state index contributed by atoms with van der Waals surface area (Å²) in [6.45, 7) is 9.35. The topological polar surface area (TPSA) is 63.1 Å². The average Bonchev–Trinajstić information content (AvgIpc) is 2.70. The molecule has 0 aliphatic carbocycles. The van der Waals surface area contributed by atoms with Crippen molar-refractivity contribution in [3.63, 3.8) is 0 Å². The van der Waals surface area contributed by atoms with Gasteiger partial charge < -0.3 is 14.6 Å². The van der Waals surface area contributed by atoms with Gasteiger partial charge in [-0.05, 0) is 55.7 Å². The zero-order chi connectivity index (χ0) is 20.1. The van der Waals surface area contributed by atoms with E-state index in [4.69, 9.17) is 14.5 Å². The molecule has 5 heteroatoms. The Morgan fingerprint density at radius 3 is 2.43 bits per heavy atom. The molecule has 0 bridgehead atoms. The fourth-order valence-corrected chi connectivity index (χ4v) is 3.45.